The number of nitrogens with one attached hydrogen (secondary N) is 2. The average Bonchev–Trinajstić information content (AvgIpc) is 2.14. The molecule has 0 atom stereocenters. The van der Waals surface area contributed by atoms with Crippen molar-refractivity contribution in [3.05, 3.63) is 12.3 Å². The van der Waals surface area contributed by atoms with Crippen LogP contribution in [0.4, 0.5) is 24.9 Å². The van der Waals surface area contributed by atoms with Gasteiger partial charge < -0.3 is 5.32 Å². The highest BCUT2D eigenvalue weighted by molar-refractivity contribution is 5.38. The second kappa shape index (κ2) is 4.09. The predicted molar refractivity (Wildman–Crippen MR) is 44.4 cm³/mol. The molecule has 0 radical (unpaired) electrons. The second-order valence-electron chi connectivity index (χ2n) is 2.38. The van der Waals surface area contributed by atoms with E-state index in [-0.39, 0.29) is 11.8 Å². The van der Waals surface area contributed by atoms with Crippen molar-refractivity contribution in [3.63, 3.8) is 0 Å². The highest BCUT2D eigenvalue weighted by Crippen LogP contribution is 2.15. The monoisotopic (exact) mass is 207 g/mol. The molecule has 14 heavy (non-hydrogen) atoms. The van der Waals surface area contributed by atoms with Crippen molar-refractivity contribution in [2.45, 2.75) is 6.18 Å². The molecule has 0 aliphatic rings. The number of hydrogen-bond acceptors (Lipinski definition) is 5. The second-order valence-corrected chi connectivity index (χ2v) is 2.38. The number of halogens is 3. The summed E-state index contributed by atoms with van der Waals surface area (Å²) in [4.78, 5) is 7.27. The summed E-state index contributed by atoms with van der Waals surface area (Å²) in [5, 5.41) is 2.09. The standard InChI is InChI=1S/C6H8F3N5/c7-6(8,9)3-12-4-1-2-11-5(13-4)14-10/h1-2H,3,10H2,(H2,11,12,13,14). The Morgan fingerprint density at radius 1 is 1.43 bits per heavy atom. The van der Waals surface area contributed by atoms with Crippen LogP contribution in [0.25, 0.3) is 0 Å². The lowest BCUT2D eigenvalue weighted by molar-refractivity contribution is -0.115. The first-order chi connectivity index (χ1) is 6.51. The normalized spacial score (nSPS) is 11.1. The number of rotatable bonds is 3. The van der Waals surface area contributed by atoms with E-state index in [9.17, 15) is 13.2 Å². The smallest absolute Gasteiger partial charge is 0.361 e. The minimum absolute atomic E-state index is 0.0529. The van der Waals surface area contributed by atoms with Crippen molar-refractivity contribution >= 4 is 11.8 Å². The molecule has 0 aliphatic heterocycles. The first-order valence-electron chi connectivity index (χ1n) is 3.61. The summed E-state index contributed by atoms with van der Waals surface area (Å²) in [6, 6.07) is 1.31. The zero-order chi connectivity index (χ0) is 10.6. The van der Waals surface area contributed by atoms with Crippen LogP contribution in [0.2, 0.25) is 0 Å². The molecule has 0 bridgehead atoms. The lowest BCUT2D eigenvalue weighted by Gasteiger charge is -2.08. The van der Waals surface area contributed by atoms with Gasteiger partial charge in [-0.1, -0.05) is 0 Å². The van der Waals surface area contributed by atoms with Crippen LogP contribution in [0, 0.1) is 0 Å². The van der Waals surface area contributed by atoms with Gasteiger partial charge in [0.25, 0.3) is 0 Å². The molecule has 78 valence electrons. The maximum Gasteiger partial charge on any atom is 0.405 e. The molecule has 0 aliphatic carbocycles. The quantitative estimate of drug-likeness (QED) is 0.503. The van der Waals surface area contributed by atoms with E-state index >= 15 is 0 Å². The largest absolute Gasteiger partial charge is 0.405 e. The SMILES string of the molecule is NNc1nccc(NCC(F)(F)F)n1. The van der Waals surface area contributed by atoms with Crippen molar-refractivity contribution in [1.29, 1.82) is 0 Å². The van der Waals surface area contributed by atoms with Crippen LogP contribution < -0.4 is 16.6 Å². The van der Waals surface area contributed by atoms with Gasteiger partial charge in [0.15, 0.2) is 0 Å². The van der Waals surface area contributed by atoms with Crippen molar-refractivity contribution in [3.8, 4) is 0 Å². The van der Waals surface area contributed by atoms with Gasteiger partial charge in [-0.25, -0.2) is 10.8 Å². The third kappa shape index (κ3) is 3.44. The summed E-state index contributed by atoms with van der Waals surface area (Å²) in [6.45, 7) is -1.14. The van der Waals surface area contributed by atoms with E-state index in [1.54, 1.807) is 0 Å². The molecule has 0 spiro atoms. The molecule has 8 heteroatoms. The van der Waals surface area contributed by atoms with Crippen LogP contribution in [-0.4, -0.2) is 22.7 Å². The number of hydrogen-bond donors (Lipinski definition) is 3. The number of alkyl halides is 3. The maximum absolute atomic E-state index is 11.8. The summed E-state index contributed by atoms with van der Waals surface area (Å²) in [5.74, 6) is 5.09. The molecule has 0 fully saturated rings. The van der Waals surface area contributed by atoms with Crippen LogP contribution in [0.5, 0.6) is 0 Å². The van der Waals surface area contributed by atoms with Gasteiger partial charge in [0.05, 0.1) is 0 Å². The molecule has 4 N–H and O–H groups in total. The van der Waals surface area contributed by atoms with Crippen LogP contribution in [0.1, 0.15) is 0 Å². The Hall–Kier alpha value is -1.57. The van der Waals surface area contributed by atoms with Gasteiger partial charge in [-0.15, -0.1) is 0 Å². The van der Waals surface area contributed by atoms with E-state index in [1.807, 2.05) is 0 Å². The molecular weight excluding hydrogens is 199 g/mol. The highest BCUT2D eigenvalue weighted by atomic mass is 19.4. The molecular formula is C6H8F3N5. The fourth-order valence-corrected chi connectivity index (χ4v) is 0.717. The third-order valence-corrected chi connectivity index (χ3v) is 1.25. The first-order valence-corrected chi connectivity index (χ1v) is 3.61. The van der Waals surface area contributed by atoms with Crippen LogP contribution in [-0.2, 0) is 0 Å². The first kappa shape index (κ1) is 10.5. The van der Waals surface area contributed by atoms with Crippen molar-refractivity contribution in [1.82, 2.24) is 9.97 Å². The number of aromatic nitrogens is 2. The minimum atomic E-state index is -4.28. The van der Waals surface area contributed by atoms with Crippen molar-refractivity contribution in [2.75, 3.05) is 17.3 Å². The van der Waals surface area contributed by atoms with E-state index in [1.165, 1.54) is 12.3 Å². The Morgan fingerprint density at radius 3 is 2.71 bits per heavy atom. The van der Waals surface area contributed by atoms with Gasteiger partial charge >= 0.3 is 6.18 Å². The summed E-state index contributed by atoms with van der Waals surface area (Å²) in [7, 11) is 0. The third-order valence-electron chi connectivity index (χ3n) is 1.25. The van der Waals surface area contributed by atoms with Gasteiger partial charge in [-0.3, -0.25) is 5.43 Å². The van der Waals surface area contributed by atoms with Crippen LogP contribution in [0.15, 0.2) is 12.3 Å². The predicted octanol–water partition coefficient (Wildman–Crippen LogP) is 0.736. The van der Waals surface area contributed by atoms with Crippen molar-refractivity contribution < 1.29 is 13.2 Å². The summed E-state index contributed by atoms with van der Waals surface area (Å²) < 4.78 is 35.3. The molecule has 0 aromatic carbocycles. The summed E-state index contributed by atoms with van der Waals surface area (Å²) in [6.07, 6.45) is -2.98. The Balaban J connectivity index is 2.59. The fourth-order valence-electron chi connectivity index (χ4n) is 0.717. The summed E-state index contributed by atoms with van der Waals surface area (Å²) >= 11 is 0. The highest BCUT2D eigenvalue weighted by Gasteiger charge is 2.26. The molecule has 1 aromatic rings. The van der Waals surface area contributed by atoms with Crippen LogP contribution in [0.3, 0.4) is 0 Å². The summed E-state index contributed by atoms with van der Waals surface area (Å²) in [5.41, 5.74) is 2.12. The molecule has 0 amide bonds. The lowest BCUT2D eigenvalue weighted by Crippen LogP contribution is -2.22. The minimum Gasteiger partial charge on any atom is -0.361 e. The molecule has 1 aromatic heterocycles. The van der Waals surface area contributed by atoms with Crippen molar-refractivity contribution in [2.24, 2.45) is 5.84 Å². The number of nitrogen functional groups attached to an aromatic ring is 1. The topological polar surface area (TPSA) is 75.9 Å². The van der Waals surface area contributed by atoms with Gasteiger partial charge in [0.1, 0.15) is 12.4 Å². The van der Waals surface area contributed by atoms with Crippen LogP contribution >= 0.6 is 0 Å². The zero-order valence-corrected chi connectivity index (χ0v) is 6.97. The van der Waals surface area contributed by atoms with E-state index < -0.39 is 12.7 Å². The van der Waals surface area contributed by atoms with Gasteiger partial charge in [-0.05, 0) is 6.07 Å². The van der Waals surface area contributed by atoms with Gasteiger partial charge in [0.2, 0.25) is 5.95 Å². The molecule has 0 saturated heterocycles. The number of nitrogens with zero attached hydrogens (tertiary/aromatic N) is 2. The van der Waals surface area contributed by atoms with Gasteiger partial charge in [-0.2, -0.15) is 18.2 Å². The van der Waals surface area contributed by atoms with E-state index in [0.717, 1.165) is 0 Å². The Bertz CT molecular complexity index is 300. The number of anilines is 2. The zero-order valence-electron chi connectivity index (χ0n) is 6.97. The molecule has 0 saturated carbocycles. The van der Waals surface area contributed by atoms with Gasteiger partial charge in [0, 0.05) is 6.20 Å². The number of nitrogens with two attached hydrogens (primary N) is 1. The number of hydrazine groups is 1. The van der Waals surface area contributed by atoms with E-state index in [4.69, 9.17) is 5.84 Å². The van der Waals surface area contributed by atoms with E-state index in [2.05, 4.69) is 20.7 Å². The van der Waals surface area contributed by atoms with E-state index in [0.29, 0.717) is 0 Å². The molecule has 5 nitrogen and oxygen atoms in total. The Morgan fingerprint density at radius 2 is 2.14 bits per heavy atom. The Kier molecular flexibility index (Phi) is 3.07. The molecule has 1 heterocycles. The Labute approximate surface area is 77.5 Å². The maximum atomic E-state index is 11.8. The fraction of sp³-hybridized carbons (Fsp3) is 0.333. The lowest BCUT2D eigenvalue weighted by atomic mass is 10.5. The average molecular weight is 207 g/mol. The molecule has 0 unspecified atom stereocenters. The molecule has 1 rings (SSSR count).